The zero-order valence-corrected chi connectivity index (χ0v) is 15.7. The van der Waals surface area contributed by atoms with Crippen molar-refractivity contribution in [3.05, 3.63) is 22.7 Å². The molecule has 1 aliphatic heterocycles. The van der Waals surface area contributed by atoms with Gasteiger partial charge in [0.25, 0.3) is 5.91 Å². The summed E-state index contributed by atoms with van der Waals surface area (Å²) in [5.41, 5.74) is 7.54. The molecule has 3 heterocycles. The molecule has 0 saturated carbocycles. The lowest BCUT2D eigenvalue weighted by Crippen LogP contribution is -2.38. The van der Waals surface area contributed by atoms with E-state index in [4.69, 9.17) is 10.7 Å². The van der Waals surface area contributed by atoms with E-state index in [1.165, 1.54) is 16.2 Å². The molecule has 0 aliphatic carbocycles. The molecule has 134 valence electrons. The fraction of sp³-hybridized carbons (Fsp3) is 0.500. The van der Waals surface area contributed by atoms with Gasteiger partial charge in [0.1, 0.15) is 9.71 Å². The van der Waals surface area contributed by atoms with Crippen molar-refractivity contribution < 1.29 is 9.59 Å². The zero-order valence-electron chi connectivity index (χ0n) is 14.9. The van der Waals surface area contributed by atoms with Crippen LogP contribution in [0.2, 0.25) is 0 Å². The normalized spacial score (nSPS) is 17.7. The van der Waals surface area contributed by atoms with Crippen LogP contribution in [0.1, 0.15) is 54.0 Å². The number of hydrogen-bond acceptors (Lipinski definition) is 5. The minimum absolute atomic E-state index is 0.0157. The molecule has 0 aromatic carbocycles. The van der Waals surface area contributed by atoms with E-state index in [-0.39, 0.29) is 17.9 Å². The van der Waals surface area contributed by atoms with Crippen LogP contribution in [0.15, 0.2) is 12.1 Å². The number of anilines is 1. The topological polar surface area (TPSA) is 79.5 Å². The second-order valence-corrected chi connectivity index (χ2v) is 7.58. The smallest absolute Gasteiger partial charge is 0.265 e. The van der Waals surface area contributed by atoms with E-state index >= 15 is 0 Å². The quantitative estimate of drug-likeness (QED) is 0.912. The van der Waals surface area contributed by atoms with E-state index in [1.807, 2.05) is 24.0 Å². The molecule has 25 heavy (non-hydrogen) atoms. The largest absolute Gasteiger partial charge is 0.397 e. The number of rotatable bonds is 3. The Hall–Kier alpha value is -2.15. The highest BCUT2D eigenvalue weighted by Crippen LogP contribution is 2.36. The second kappa shape index (κ2) is 7.00. The number of fused-ring (bicyclic) bond motifs is 1. The lowest BCUT2D eigenvalue weighted by Gasteiger charge is -2.35. The third-order valence-electron chi connectivity index (χ3n) is 4.68. The summed E-state index contributed by atoms with van der Waals surface area (Å²) in [6, 6.07) is 3.89. The molecule has 7 heteroatoms. The number of carbonyl (C=O) groups is 2. The summed E-state index contributed by atoms with van der Waals surface area (Å²) in [5.74, 6) is 0.0586. The second-order valence-electron chi connectivity index (χ2n) is 6.59. The van der Waals surface area contributed by atoms with Gasteiger partial charge in [0.15, 0.2) is 0 Å². The van der Waals surface area contributed by atoms with Crippen LogP contribution in [0.5, 0.6) is 0 Å². The third kappa shape index (κ3) is 3.20. The molecule has 2 aromatic rings. The first-order valence-electron chi connectivity index (χ1n) is 8.64. The van der Waals surface area contributed by atoms with Gasteiger partial charge in [0, 0.05) is 32.4 Å². The summed E-state index contributed by atoms with van der Waals surface area (Å²) in [6.45, 7) is 2.68. The van der Waals surface area contributed by atoms with Gasteiger partial charge >= 0.3 is 0 Å². The standard InChI is InChI=1S/C18H24N4O2S/c1-4-14(23)22-10-6-5-7-13(22)12-9-8-11-15(19)16(18(24)21(2)3)25-17(11)20-12/h8-9,13H,4-7,10,19H2,1-3H3/t13-/m0/s1. The van der Waals surface area contributed by atoms with Gasteiger partial charge < -0.3 is 15.5 Å². The Morgan fingerprint density at radius 2 is 2.12 bits per heavy atom. The summed E-state index contributed by atoms with van der Waals surface area (Å²) >= 11 is 1.32. The monoisotopic (exact) mass is 360 g/mol. The summed E-state index contributed by atoms with van der Waals surface area (Å²) in [7, 11) is 3.42. The maximum absolute atomic E-state index is 12.3. The Morgan fingerprint density at radius 1 is 1.36 bits per heavy atom. The van der Waals surface area contributed by atoms with Gasteiger partial charge in [-0.05, 0) is 31.4 Å². The van der Waals surface area contributed by atoms with Gasteiger partial charge in [-0.2, -0.15) is 0 Å². The van der Waals surface area contributed by atoms with Gasteiger partial charge in [-0.3, -0.25) is 9.59 Å². The predicted molar refractivity (Wildman–Crippen MR) is 101 cm³/mol. The van der Waals surface area contributed by atoms with Gasteiger partial charge in [0.05, 0.1) is 17.4 Å². The van der Waals surface area contributed by atoms with Gasteiger partial charge in [-0.15, -0.1) is 11.3 Å². The molecule has 2 N–H and O–H groups in total. The van der Waals surface area contributed by atoms with Crippen LogP contribution < -0.4 is 5.73 Å². The lowest BCUT2D eigenvalue weighted by molar-refractivity contribution is -0.134. The van der Waals surface area contributed by atoms with E-state index in [0.29, 0.717) is 17.0 Å². The van der Waals surface area contributed by atoms with Crippen molar-refractivity contribution in [3.63, 3.8) is 0 Å². The summed E-state index contributed by atoms with van der Waals surface area (Å²) < 4.78 is 0. The highest BCUT2D eigenvalue weighted by Gasteiger charge is 2.28. The molecule has 0 radical (unpaired) electrons. The van der Waals surface area contributed by atoms with Crippen molar-refractivity contribution in [1.82, 2.24) is 14.8 Å². The zero-order chi connectivity index (χ0) is 18.1. The molecular formula is C18H24N4O2S. The molecule has 2 amide bonds. The molecule has 3 rings (SSSR count). The van der Waals surface area contributed by atoms with Crippen molar-refractivity contribution in [1.29, 1.82) is 0 Å². The number of carbonyl (C=O) groups excluding carboxylic acids is 2. The molecular weight excluding hydrogens is 336 g/mol. The van der Waals surface area contributed by atoms with Crippen molar-refractivity contribution >= 4 is 39.1 Å². The molecule has 1 atom stereocenters. The van der Waals surface area contributed by atoms with E-state index in [1.54, 1.807) is 14.1 Å². The highest BCUT2D eigenvalue weighted by molar-refractivity contribution is 7.21. The summed E-state index contributed by atoms with van der Waals surface area (Å²) in [4.78, 5) is 34.1. The van der Waals surface area contributed by atoms with Gasteiger partial charge in [-0.25, -0.2) is 4.98 Å². The Kier molecular flexibility index (Phi) is 4.94. The number of nitrogen functional groups attached to an aromatic ring is 1. The number of likely N-dealkylation sites (tertiary alicyclic amines) is 1. The fourth-order valence-corrected chi connectivity index (χ4v) is 4.42. The number of thiophene rings is 1. The van der Waals surface area contributed by atoms with Gasteiger partial charge in [0.2, 0.25) is 5.91 Å². The average Bonchev–Trinajstić information content (AvgIpc) is 2.96. The van der Waals surface area contributed by atoms with Crippen LogP contribution in [-0.2, 0) is 4.79 Å². The predicted octanol–water partition coefficient (Wildman–Crippen LogP) is 3.04. The molecule has 0 bridgehead atoms. The molecule has 1 aliphatic rings. The Balaban J connectivity index is 2.00. The minimum atomic E-state index is -0.109. The minimum Gasteiger partial charge on any atom is -0.397 e. The van der Waals surface area contributed by atoms with Gasteiger partial charge in [-0.1, -0.05) is 6.92 Å². The van der Waals surface area contributed by atoms with Crippen LogP contribution in [0.4, 0.5) is 5.69 Å². The fourth-order valence-electron chi connectivity index (χ4n) is 3.30. The third-order valence-corrected chi connectivity index (χ3v) is 5.79. The molecule has 6 nitrogen and oxygen atoms in total. The summed E-state index contributed by atoms with van der Waals surface area (Å²) in [6.07, 6.45) is 3.56. The number of aromatic nitrogens is 1. The molecule has 1 fully saturated rings. The number of amides is 2. The Morgan fingerprint density at radius 3 is 2.80 bits per heavy atom. The molecule has 0 spiro atoms. The molecule has 0 unspecified atom stereocenters. The maximum Gasteiger partial charge on any atom is 0.265 e. The first kappa shape index (κ1) is 17.7. The van der Waals surface area contributed by atoms with E-state index < -0.39 is 0 Å². The van der Waals surface area contributed by atoms with Crippen molar-refractivity contribution in [2.75, 3.05) is 26.4 Å². The van der Waals surface area contributed by atoms with Crippen LogP contribution in [0.25, 0.3) is 10.2 Å². The van der Waals surface area contributed by atoms with Crippen molar-refractivity contribution in [3.8, 4) is 0 Å². The van der Waals surface area contributed by atoms with Crippen molar-refractivity contribution in [2.45, 2.75) is 38.6 Å². The first-order chi connectivity index (χ1) is 11.9. The summed E-state index contributed by atoms with van der Waals surface area (Å²) in [5, 5.41) is 0.808. The highest BCUT2D eigenvalue weighted by atomic mass is 32.1. The first-order valence-corrected chi connectivity index (χ1v) is 9.45. The lowest BCUT2D eigenvalue weighted by atomic mass is 9.98. The van der Waals surface area contributed by atoms with Crippen LogP contribution in [0, 0.1) is 0 Å². The van der Waals surface area contributed by atoms with Crippen LogP contribution in [0.3, 0.4) is 0 Å². The maximum atomic E-state index is 12.3. The number of nitrogens with two attached hydrogens (primary N) is 1. The Bertz CT molecular complexity index is 815. The van der Waals surface area contributed by atoms with Crippen LogP contribution in [-0.4, -0.2) is 47.2 Å². The SMILES string of the molecule is CCC(=O)N1CCCC[C@H]1c1ccc2c(N)c(C(=O)N(C)C)sc2n1. The van der Waals surface area contributed by atoms with Crippen molar-refractivity contribution in [2.24, 2.45) is 0 Å². The molecule has 1 saturated heterocycles. The number of pyridine rings is 1. The van der Waals surface area contributed by atoms with E-state index in [9.17, 15) is 9.59 Å². The molecule has 2 aromatic heterocycles. The number of nitrogens with zero attached hydrogens (tertiary/aromatic N) is 3. The number of piperidine rings is 1. The average molecular weight is 360 g/mol. The number of hydrogen-bond donors (Lipinski definition) is 1. The van der Waals surface area contributed by atoms with E-state index in [2.05, 4.69) is 0 Å². The van der Waals surface area contributed by atoms with E-state index in [0.717, 1.165) is 41.7 Å². The Labute approximate surface area is 151 Å². The van der Waals surface area contributed by atoms with Crippen LogP contribution >= 0.6 is 11.3 Å².